The molecule has 1 N–H and O–H groups in total. The zero-order valence-electron chi connectivity index (χ0n) is 18.9. The van der Waals surface area contributed by atoms with Gasteiger partial charge in [0.2, 0.25) is 15.9 Å². The number of nitrogens with one attached hydrogen (secondary N) is 1. The van der Waals surface area contributed by atoms with E-state index in [-0.39, 0.29) is 24.1 Å². The highest BCUT2D eigenvalue weighted by Crippen LogP contribution is 2.42. The third-order valence-corrected chi connectivity index (χ3v) is 7.14. The first kappa shape index (κ1) is 23.1. The summed E-state index contributed by atoms with van der Waals surface area (Å²) in [5.41, 5.74) is 2.96. The van der Waals surface area contributed by atoms with Gasteiger partial charge in [-0.15, -0.1) is 0 Å². The number of benzene rings is 2. The molecule has 2 aromatic carbocycles. The number of ether oxygens (including phenoxy) is 1. The molecule has 1 aliphatic rings. The number of anilines is 1. The van der Waals surface area contributed by atoms with Crippen LogP contribution in [0.4, 0.5) is 5.69 Å². The fourth-order valence-electron chi connectivity index (χ4n) is 4.30. The number of hydrogen-bond acceptors (Lipinski definition) is 4. The van der Waals surface area contributed by atoms with Gasteiger partial charge in [-0.1, -0.05) is 38.1 Å². The Morgan fingerprint density at radius 3 is 2.32 bits per heavy atom. The first-order valence-electron chi connectivity index (χ1n) is 10.7. The lowest BCUT2D eigenvalue weighted by Gasteiger charge is -2.41. The fraction of sp³-hybridized carbons (Fsp3) is 0.458. The number of sulfonamides is 1. The van der Waals surface area contributed by atoms with Gasteiger partial charge in [0, 0.05) is 12.0 Å². The quantitative estimate of drug-likeness (QED) is 0.692. The minimum atomic E-state index is -3.63. The van der Waals surface area contributed by atoms with Crippen molar-refractivity contribution < 1.29 is 17.9 Å². The van der Waals surface area contributed by atoms with Crippen molar-refractivity contribution in [2.75, 3.05) is 17.1 Å². The van der Waals surface area contributed by atoms with Crippen LogP contribution in [0.2, 0.25) is 0 Å². The number of carbonyl (C=O) groups is 1. The Balaban J connectivity index is 1.87. The van der Waals surface area contributed by atoms with Crippen LogP contribution in [0, 0.1) is 13.8 Å². The number of hydrogen-bond donors (Lipinski definition) is 1. The molecule has 168 valence electrons. The number of aryl methyl sites for hydroxylation is 2. The summed E-state index contributed by atoms with van der Waals surface area (Å²) in [6.45, 7) is 7.71. The molecule has 2 aromatic rings. The van der Waals surface area contributed by atoms with E-state index in [4.69, 9.17) is 4.74 Å². The van der Waals surface area contributed by atoms with Crippen molar-refractivity contribution >= 4 is 21.6 Å². The normalized spacial score (nSPS) is 17.4. The van der Waals surface area contributed by atoms with E-state index in [9.17, 15) is 13.2 Å². The van der Waals surface area contributed by atoms with E-state index in [0.29, 0.717) is 12.1 Å². The summed E-state index contributed by atoms with van der Waals surface area (Å²) in [5.74, 6) is 0.435. The van der Waals surface area contributed by atoms with Gasteiger partial charge in [-0.3, -0.25) is 9.10 Å². The van der Waals surface area contributed by atoms with Crippen molar-refractivity contribution in [3.05, 3.63) is 59.2 Å². The molecule has 1 heterocycles. The highest BCUT2D eigenvalue weighted by molar-refractivity contribution is 7.92. The molecule has 31 heavy (non-hydrogen) atoms. The van der Waals surface area contributed by atoms with E-state index < -0.39 is 10.0 Å². The lowest BCUT2D eigenvalue weighted by atomic mass is 9.83. The molecule has 6 nitrogen and oxygen atoms in total. The maximum Gasteiger partial charge on any atom is 0.241 e. The minimum absolute atomic E-state index is 0.238. The molecule has 3 rings (SSSR count). The fourth-order valence-corrected chi connectivity index (χ4v) is 5.14. The van der Waals surface area contributed by atoms with Gasteiger partial charge in [0.25, 0.3) is 0 Å². The highest BCUT2D eigenvalue weighted by Gasteiger charge is 2.39. The van der Waals surface area contributed by atoms with Gasteiger partial charge >= 0.3 is 0 Å². The van der Waals surface area contributed by atoms with Crippen LogP contribution < -0.4 is 14.4 Å². The number of amides is 1. The molecule has 0 spiro atoms. The molecule has 7 heteroatoms. The molecule has 1 atom stereocenters. The Hall–Kier alpha value is -2.54. The van der Waals surface area contributed by atoms with Crippen LogP contribution in [-0.4, -0.2) is 32.7 Å². The Labute approximate surface area is 185 Å². The summed E-state index contributed by atoms with van der Waals surface area (Å²) in [6, 6.07) is 13.0. The topological polar surface area (TPSA) is 75.7 Å². The molecular weight excluding hydrogens is 412 g/mol. The first-order chi connectivity index (χ1) is 14.6. The van der Waals surface area contributed by atoms with E-state index >= 15 is 0 Å². The molecule has 0 saturated heterocycles. The maximum absolute atomic E-state index is 13.1. The van der Waals surface area contributed by atoms with Gasteiger partial charge < -0.3 is 10.1 Å². The van der Waals surface area contributed by atoms with Crippen LogP contribution in [0.1, 0.15) is 55.8 Å². The predicted octanol–water partition coefficient (Wildman–Crippen LogP) is 4.27. The molecule has 0 fully saturated rings. The number of carbonyl (C=O) groups excluding carboxylic acids is 1. The van der Waals surface area contributed by atoms with Crippen molar-refractivity contribution in [2.45, 2.75) is 58.6 Å². The van der Waals surface area contributed by atoms with E-state index in [1.54, 1.807) is 12.1 Å². The summed E-state index contributed by atoms with van der Waals surface area (Å²) in [5, 5.41) is 3.07. The average Bonchev–Trinajstić information content (AvgIpc) is 2.70. The van der Waals surface area contributed by atoms with E-state index in [1.165, 1.54) is 4.31 Å². The molecule has 0 bridgehead atoms. The van der Waals surface area contributed by atoms with E-state index in [2.05, 4.69) is 19.2 Å². The van der Waals surface area contributed by atoms with Crippen LogP contribution in [0.5, 0.6) is 5.75 Å². The number of para-hydroxylation sites is 1. The van der Waals surface area contributed by atoms with Gasteiger partial charge in [0.05, 0.1) is 18.0 Å². The molecular formula is C24H32N2O4S. The standard InChI is InChI=1S/C24H32N2O4S/c1-6-24(7-2)15-21(20-10-8-9-11-22(20)30-24)25-23(27)16-26(31(5,28)29)19-13-17(3)12-18(4)14-19/h8-14,21H,6-7,15-16H2,1-5H3,(H,25,27)/t21-/m1/s1. The van der Waals surface area contributed by atoms with Crippen molar-refractivity contribution in [1.29, 1.82) is 0 Å². The smallest absolute Gasteiger partial charge is 0.241 e. The molecule has 0 aliphatic carbocycles. The summed E-state index contributed by atoms with van der Waals surface area (Å²) >= 11 is 0. The zero-order valence-corrected chi connectivity index (χ0v) is 19.8. The summed E-state index contributed by atoms with van der Waals surface area (Å²) in [4.78, 5) is 13.1. The van der Waals surface area contributed by atoms with Crippen molar-refractivity contribution in [1.82, 2.24) is 5.32 Å². The summed E-state index contributed by atoms with van der Waals surface area (Å²) in [7, 11) is -3.63. The lowest BCUT2D eigenvalue weighted by molar-refractivity contribution is -0.121. The summed E-state index contributed by atoms with van der Waals surface area (Å²) < 4.78 is 32.5. The van der Waals surface area contributed by atoms with E-state index in [0.717, 1.165) is 41.5 Å². The van der Waals surface area contributed by atoms with Crippen molar-refractivity contribution in [3.63, 3.8) is 0 Å². The van der Waals surface area contributed by atoms with E-state index in [1.807, 2.05) is 44.2 Å². The van der Waals surface area contributed by atoms with Gasteiger partial charge in [-0.2, -0.15) is 0 Å². The van der Waals surface area contributed by atoms with Gasteiger partial charge in [-0.05, 0) is 56.0 Å². The van der Waals surface area contributed by atoms with Crippen molar-refractivity contribution in [2.24, 2.45) is 0 Å². The average molecular weight is 445 g/mol. The SMILES string of the molecule is CCC1(CC)C[C@@H](NC(=O)CN(c2cc(C)cc(C)c2)S(C)(=O)=O)c2ccccc2O1. The second-order valence-electron chi connectivity index (χ2n) is 8.47. The Morgan fingerprint density at radius 1 is 1.13 bits per heavy atom. The van der Waals surface area contributed by atoms with Gasteiger partial charge in [0.15, 0.2) is 0 Å². The van der Waals surface area contributed by atoms with Crippen LogP contribution >= 0.6 is 0 Å². The summed E-state index contributed by atoms with van der Waals surface area (Å²) in [6.07, 6.45) is 3.41. The first-order valence-corrected chi connectivity index (χ1v) is 12.5. The second-order valence-corrected chi connectivity index (χ2v) is 10.4. The Morgan fingerprint density at radius 2 is 1.74 bits per heavy atom. The van der Waals surface area contributed by atoms with Crippen LogP contribution in [0.3, 0.4) is 0 Å². The monoisotopic (exact) mass is 444 g/mol. The highest BCUT2D eigenvalue weighted by atomic mass is 32.2. The van der Waals surface area contributed by atoms with Crippen molar-refractivity contribution in [3.8, 4) is 5.75 Å². The Bertz CT molecular complexity index is 1040. The molecule has 1 aliphatic heterocycles. The minimum Gasteiger partial charge on any atom is -0.487 e. The van der Waals surface area contributed by atoms with Gasteiger partial charge in [-0.25, -0.2) is 8.42 Å². The van der Waals surface area contributed by atoms with Crippen LogP contribution in [0.25, 0.3) is 0 Å². The second kappa shape index (κ2) is 8.91. The molecule has 0 aromatic heterocycles. The number of fused-ring (bicyclic) bond motifs is 1. The maximum atomic E-state index is 13.1. The van der Waals surface area contributed by atoms with Crippen LogP contribution in [0.15, 0.2) is 42.5 Å². The third kappa shape index (κ3) is 5.21. The molecule has 1 amide bonds. The third-order valence-electron chi connectivity index (χ3n) is 6.00. The number of rotatable bonds is 7. The lowest BCUT2D eigenvalue weighted by Crippen LogP contribution is -2.47. The largest absolute Gasteiger partial charge is 0.487 e. The predicted molar refractivity (Wildman–Crippen MR) is 124 cm³/mol. The van der Waals surface area contributed by atoms with Crippen LogP contribution in [-0.2, 0) is 14.8 Å². The number of nitrogens with zero attached hydrogens (tertiary/aromatic N) is 1. The molecule has 0 saturated carbocycles. The zero-order chi connectivity index (χ0) is 22.8. The van der Waals surface area contributed by atoms with Gasteiger partial charge in [0.1, 0.15) is 17.9 Å². The molecule has 0 unspecified atom stereocenters. The molecule has 0 radical (unpaired) electrons. The Kier molecular flexibility index (Phi) is 6.65.